The normalized spacial score (nSPS) is 14.5. The summed E-state index contributed by atoms with van der Waals surface area (Å²) in [5.41, 5.74) is 10.4. The molecular formula is C14H14Br2N2O. The van der Waals surface area contributed by atoms with E-state index in [4.69, 9.17) is 15.5 Å². The number of aryl methyl sites for hydroxylation is 1. The highest BCUT2D eigenvalue weighted by Gasteiger charge is 2.21. The van der Waals surface area contributed by atoms with Gasteiger partial charge in [-0.05, 0) is 69.2 Å². The van der Waals surface area contributed by atoms with Gasteiger partial charge in [-0.15, -0.1) is 0 Å². The first-order valence-corrected chi connectivity index (χ1v) is 7.85. The zero-order valence-electron chi connectivity index (χ0n) is 10.6. The van der Waals surface area contributed by atoms with E-state index in [2.05, 4.69) is 31.9 Å². The summed E-state index contributed by atoms with van der Waals surface area (Å²) in [6, 6.07) is 1.96. The third kappa shape index (κ3) is 2.03. The van der Waals surface area contributed by atoms with Crippen LogP contribution >= 0.6 is 31.9 Å². The number of fused-ring (bicyclic) bond motifs is 2. The number of benzene rings is 1. The number of rotatable bonds is 1. The molecule has 0 fully saturated rings. The van der Waals surface area contributed by atoms with Crippen molar-refractivity contribution in [3.05, 3.63) is 26.3 Å². The molecule has 0 saturated heterocycles. The summed E-state index contributed by atoms with van der Waals surface area (Å²) in [4.78, 5) is 4.80. The van der Waals surface area contributed by atoms with E-state index in [0.717, 1.165) is 49.8 Å². The SMILES string of the molecule is COc1c(Br)cc(Br)c2nc3c(c(N)c12)CCCC3. The molecule has 100 valence electrons. The standard InChI is InChI=1S/C14H14Br2N2O/c1-19-14-9(16)6-8(15)13-11(14)12(17)7-4-2-3-5-10(7)18-13/h6H,2-5H2,1H3,(H2,17,18). The second-order valence-electron chi connectivity index (χ2n) is 4.75. The number of pyridine rings is 1. The quantitative estimate of drug-likeness (QED) is 0.798. The van der Waals surface area contributed by atoms with E-state index < -0.39 is 0 Å². The van der Waals surface area contributed by atoms with Gasteiger partial charge in [0.05, 0.1) is 22.5 Å². The smallest absolute Gasteiger partial charge is 0.144 e. The minimum absolute atomic E-state index is 0.761. The molecule has 0 amide bonds. The Balaban J connectivity index is 2.45. The second kappa shape index (κ2) is 4.94. The molecule has 0 spiro atoms. The Morgan fingerprint density at radius 3 is 2.68 bits per heavy atom. The first-order chi connectivity index (χ1) is 9.13. The Morgan fingerprint density at radius 2 is 1.95 bits per heavy atom. The molecule has 0 bridgehead atoms. The fourth-order valence-electron chi connectivity index (χ4n) is 2.74. The van der Waals surface area contributed by atoms with Gasteiger partial charge in [0.25, 0.3) is 0 Å². The molecule has 0 unspecified atom stereocenters. The van der Waals surface area contributed by atoms with E-state index in [9.17, 15) is 0 Å². The number of methoxy groups -OCH3 is 1. The topological polar surface area (TPSA) is 48.1 Å². The Hall–Kier alpha value is -0.810. The van der Waals surface area contributed by atoms with Crippen molar-refractivity contribution < 1.29 is 4.74 Å². The number of aromatic nitrogens is 1. The lowest BCUT2D eigenvalue weighted by Gasteiger charge is -2.20. The largest absolute Gasteiger partial charge is 0.495 e. The van der Waals surface area contributed by atoms with Crippen LogP contribution in [-0.2, 0) is 12.8 Å². The molecule has 0 radical (unpaired) electrons. The van der Waals surface area contributed by atoms with E-state index in [1.807, 2.05) is 6.07 Å². The van der Waals surface area contributed by atoms with Crippen molar-refractivity contribution in [2.45, 2.75) is 25.7 Å². The molecule has 1 heterocycles. The van der Waals surface area contributed by atoms with Gasteiger partial charge in [0.15, 0.2) is 0 Å². The van der Waals surface area contributed by atoms with Crippen molar-refractivity contribution in [2.75, 3.05) is 12.8 Å². The van der Waals surface area contributed by atoms with Crippen molar-refractivity contribution in [3.8, 4) is 5.75 Å². The van der Waals surface area contributed by atoms with Crippen LogP contribution in [0.5, 0.6) is 5.75 Å². The van der Waals surface area contributed by atoms with Gasteiger partial charge in [0.1, 0.15) is 5.75 Å². The summed E-state index contributed by atoms with van der Waals surface area (Å²) in [6.45, 7) is 0. The average Bonchev–Trinajstić information content (AvgIpc) is 2.41. The molecule has 2 aromatic rings. The molecule has 1 aromatic carbocycles. The number of halogens is 2. The van der Waals surface area contributed by atoms with E-state index in [1.165, 1.54) is 18.4 Å². The first kappa shape index (κ1) is 13.2. The van der Waals surface area contributed by atoms with Crippen molar-refractivity contribution in [3.63, 3.8) is 0 Å². The summed E-state index contributed by atoms with van der Waals surface area (Å²) in [7, 11) is 1.66. The Morgan fingerprint density at radius 1 is 1.21 bits per heavy atom. The third-order valence-electron chi connectivity index (χ3n) is 3.64. The van der Waals surface area contributed by atoms with Crippen LogP contribution in [0.25, 0.3) is 10.9 Å². The van der Waals surface area contributed by atoms with Crippen LogP contribution in [0.2, 0.25) is 0 Å². The predicted molar refractivity (Wildman–Crippen MR) is 84.7 cm³/mol. The number of anilines is 1. The summed E-state index contributed by atoms with van der Waals surface area (Å²) in [5, 5.41) is 0.907. The van der Waals surface area contributed by atoms with E-state index >= 15 is 0 Å². The Kier molecular flexibility index (Phi) is 3.43. The van der Waals surface area contributed by atoms with Crippen LogP contribution in [0.4, 0.5) is 5.69 Å². The van der Waals surface area contributed by atoms with Crippen LogP contribution in [0.15, 0.2) is 15.0 Å². The lowest BCUT2D eigenvalue weighted by atomic mass is 9.93. The van der Waals surface area contributed by atoms with Crippen LogP contribution in [0.1, 0.15) is 24.1 Å². The highest BCUT2D eigenvalue weighted by molar-refractivity contribution is 9.11. The summed E-state index contributed by atoms with van der Waals surface area (Å²) < 4.78 is 7.33. The number of nitrogen functional groups attached to an aromatic ring is 1. The number of nitrogens with zero attached hydrogens (tertiary/aromatic N) is 1. The van der Waals surface area contributed by atoms with Crippen LogP contribution in [-0.4, -0.2) is 12.1 Å². The highest BCUT2D eigenvalue weighted by atomic mass is 79.9. The molecule has 2 N–H and O–H groups in total. The third-order valence-corrected chi connectivity index (χ3v) is 4.84. The molecular weight excluding hydrogens is 372 g/mol. The Labute approximate surface area is 128 Å². The zero-order chi connectivity index (χ0) is 13.6. The molecule has 1 aromatic heterocycles. The van der Waals surface area contributed by atoms with E-state index in [1.54, 1.807) is 7.11 Å². The van der Waals surface area contributed by atoms with Crippen molar-refractivity contribution >= 4 is 48.5 Å². The molecule has 19 heavy (non-hydrogen) atoms. The molecule has 3 rings (SSSR count). The maximum absolute atomic E-state index is 6.39. The highest BCUT2D eigenvalue weighted by Crippen LogP contribution is 2.43. The molecule has 0 aliphatic heterocycles. The van der Waals surface area contributed by atoms with Gasteiger partial charge < -0.3 is 10.5 Å². The van der Waals surface area contributed by atoms with Gasteiger partial charge in [-0.2, -0.15) is 0 Å². The fourth-order valence-corrected chi connectivity index (χ4v) is 4.15. The maximum atomic E-state index is 6.39. The molecule has 0 atom stereocenters. The van der Waals surface area contributed by atoms with Gasteiger partial charge in [-0.1, -0.05) is 0 Å². The van der Waals surface area contributed by atoms with Gasteiger partial charge in [-0.3, -0.25) is 4.98 Å². The Bertz CT molecular complexity index is 671. The molecule has 0 saturated carbocycles. The number of hydrogen-bond donors (Lipinski definition) is 1. The van der Waals surface area contributed by atoms with Crippen molar-refractivity contribution in [2.24, 2.45) is 0 Å². The molecule has 3 nitrogen and oxygen atoms in total. The maximum Gasteiger partial charge on any atom is 0.144 e. The molecule has 1 aliphatic rings. The molecule has 5 heteroatoms. The number of hydrogen-bond acceptors (Lipinski definition) is 3. The molecule has 1 aliphatic carbocycles. The van der Waals surface area contributed by atoms with Gasteiger partial charge in [0, 0.05) is 15.9 Å². The number of ether oxygens (including phenoxy) is 1. The van der Waals surface area contributed by atoms with Crippen molar-refractivity contribution in [1.82, 2.24) is 4.98 Å². The average molecular weight is 386 g/mol. The van der Waals surface area contributed by atoms with Gasteiger partial charge in [-0.25, -0.2) is 0 Å². The van der Waals surface area contributed by atoms with Crippen LogP contribution in [0, 0.1) is 0 Å². The summed E-state index contributed by atoms with van der Waals surface area (Å²) >= 11 is 7.09. The summed E-state index contributed by atoms with van der Waals surface area (Å²) in [6.07, 6.45) is 4.40. The zero-order valence-corrected chi connectivity index (χ0v) is 13.8. The van der Waals surface area contributed by atoms with E-state index in [-0.39, 0.29) is 0 Å². The lowest BCUT2D eigenvalue weighted by molar-refractivity contribution is 0.417. The predicted octanol–water partition coefficient (Wildman–Crippen LogP) is 4.23. The lowest BCUT2D eigenvalue weighted by Crippen LogP contribution is -2.10. The number of nitrogens with two attached hydrogens (primary N) is 1. The monoisotopic (exact) mass is 384 g/mol. The van der Waals surface area contributed by atoms with Gasteiger partial charge >= 0.3 is 0 Å². The minimum atomic E-state index is 0.761. The minimum Gasteiger partial charge on any atom is -0.495 e. The van der Waals surface area contributed by atoms with Crippen LogP contribution in [0.3, 0.4) is 0 Å². The van der Waals surface area contributed by atoms with Gasteiger partial charge in [0.2, 0.25) is 0 Å². The van der Waals surface area contributed by atoms with Crippen molar-refractivity contribution in [1.29, 1.82) is 0 Å². The van der Waals surface area contributed by atoms with Crippen LogP contribution < -0.4 is 10.5 Å². The van der Waals surface area contributed by atoms with E-state index in [0.29, 0.717) is 0 Å². The first-order valence-electron chi connectivity index (χ1n) is 6.26. The fraction of sp³-hybridized carbons (Fsp3) is 0.357. The second-order valence-corrected chi connectivity index (χ2v) is 6.46. The summed E-state index contributed by atoms with van der Waals surface area (Å²) in [5.74, 6) is 0.761.